The van der Waals surface area contributed by atoms with E-state index in [2.05, 4.69) is 10.0 Å². The molecule has 0 saturated heterocycles. The van der Waals surface area contributed by atoms with E-state index in [4.69, 9.17) is 4.74 Å². The summed E-state index contributed by atoms with van der Waals surface area (Å²) in [6, 6.07) is 15.7. The van der Waals surface area contributed by atoms with Gasteiger partial charge in [0.2, 0.25) is 10.0 Å². The van der Waals surface area contributed by atoms with E-state index in [0.717, 1.165) is 11.1 Å². The predicted octanol–water partition coefficient (Wildman–Crippen LogP) is 1.91. The third-order valence-corrected chi connectivity index (χ3v) is 5.42. The molecule has 0 radical (unpaired) electrons. The molecule has 1 unspecified atom stereocenters. The van der Waals surface area contributed by atoms with Gasteiger partial charge in [-0.2, -0.15) is 0 Å². The Kier molecular flexibility index (Phi) is 7.71. The summed E-state index contributed by atoms with van der Waals surface area (Å²) in [5, 5.41) is 2.68. The second-order valence-electron chi connectivity index (χ2n) is 6.30. The van der Waals surface area contributed by atoms with Crippen molar-refractivity contribution in [2.75, 3.05) is 6.54 Å². The fraction of sp³-hybridized carbons (Fsp3) is 0.300. The van der Waals surface area contributed by atoms with Gasteiger partial charge in [-0.05, 0) is 31.5 Å². The van der Waals surface area contributed by atoms with Crippen LogP contribution in [0.3, 0.4) is 0 Å². The number of esters is 1. The molecule has 8 heteroatoms. The summed E-state index contributed by atoms with van der Waals surface area (Å²) in [4.78, 5) is 24.0. The number of aryl methyl sites for hydroxylation is 1. The molecule has 0 aliphatic heterocycles. The molecule has 0 aliphatic rings. The van der Waals surface area contributed by atoms with Gasteiger partial charge in [-0.1, -0.05) is 48.0 Å². The number of carbonyl (C=O) groups excluding carboxylic acids is 2. The molecule has 2 aromatic carbocycles. The first kappa shape index (κ1) is 21.6. The van der Waals surface area contributed by atoms with Crippen LogP contribution in [0.15, 0.2) is 59.5 Å². The van der Waals surface area contributed by atoms with E-state index < -0.39 is 28.0 Å². The van der Waals surface area contributed by atoms with Crippen molar-refractivity contribution in [1.29, 1.82) is 0 Å². The molecule has 0 spiro atoms. The maximum Gasteiger partial charge on any atom is 0.307 e. The average Bonchev–Trinajstić information content (AvgIpc) is 2.67. The molecule has 0 bridgehead atoms. The monoisotopic (exact) mass is 404 g/mol. The van der Waals surface area contributed by atoms with Gasteiger partial charge in [0, 0.05) is 13.1 Å². The van der Waals surface area contributed by atoms with Crippen LogP contribution in [0, 0.1) is 6.92 Å². The van der Waals surface area contributed by atoms with Crippen LogP contribution in [0.5, 0.6) is 0 Å². The Bertz CT molecular complexity index is 896. The Labute approximate surface area is 165 Å². The molecular weight excluding hydrogens is 380 g/mol. The molecule has 7 nitrogen and oxygen atoms in total. The molecule has 28 heavy (non-hydrogen) atoms. The Morgan fingerprint density at radius 3 is 2.32 bits per heavy atom. The minimum Gasteiger partial charge on any atom is -0.453 e. The van der Waals surface area contributed by atoms with E-state index in [-0.39, 0.29) is 17.9 Å². The smallest absolute Gasteiger partial charge is 0.307 e. The zero-order valence-corrected chi connectivity index (χ0v) is 16.7. The predicted molar refractivity (Wildman–Crippen MR) is 105 cm³/mol. The highest BCUT2D eigenvalue weighted by molar-refractivity contribution is 7.89. The molecule has 0 aliphatic carbocycles. The Morgan fingerprint density at radius 1 is 1.04 bits per heavy atom. The number of amides is 1. The lowest BCUT2D eigenvalue weighted by molar-refractivity contribution is -0.154. The Hall–Kier alpha value is -2.71. The van der Waals surface area contributed by atoms with E-state index in [0.29, 0.717) is 6.54 Å². The highest BCUT2D eigenvalue weighted by Gasteiger charge is 2.19. The van der Waals surface area contributed by atoms with Gasteiger partial charge in [0.25, 0.3) is 5.91 Å². The van der Waals surface area contributed by atoms with Crippen LogP contribution in [0.1, 0.15) is 24.5 Å². The molecule has 150 valence electrons. The van der Waals surface area contributed by atoms with Crippen molar-refractivity contribution in [3.05, 3.63) is 65.7 Å². The lowest BCUT2D eigenvalue weighted by Crippen LogP contribution is -2.36. The van der Waals surface area contributed by atoms with E-state index >= 15 is 0 Å². The summed E-state index contributed by atoms with van der Waals surface area (Å²) in [5.41, 5.74) is 1.88. The van der Waals surface area contributed by atoms with Gasteiger partial charge >= 0.3 is 5.97 Å². The van der Waals surface area contributed by atoms with Gasteiger partial charge in [-0.25, -0.2) is 13.1 Å². The van der Waals surface area contributed by atoms with Crippen LogP contribution in [0.2, 0.25) is 0 Å². The number of rotatable bonds is 9. The molecular formula is C20H24N2O5S. The van der Waals surface area contributed by atoms with Crippen molar-refractivity contribution in [3.63, 3.8) is 0 Å². The maximum atomic E-state index is 12.1. The van der Waals surface area contributed by atoms with Crippen LogP contribution in [-0.4, -0.2) is 32.9 Å². The Morgan fingerprint density at radius 2 is 1.68 bits per heavy atom. The first-order chi connectivity index (χ1) is 13.3. The maximum absolute atomic E-state index is 12.1. The number of hydrogen-bond donors (Lipinski definition) is 2. The van der Waals surface area contributed by atoms with Crippen molar-refractivity contribution in [1.82, 2.24) is 10.0 Å². The third kappa shape index (κ3) is 6.79. The number of nitrogens with one attached hydrogen (secondary N) is 2. The van der Waals surface area contributed by atoms with Gasteiger partial charge in [-0.15, -0.1) is 0 Å². The lowest BCUT2D eigenvalue weighted by atomic mass is 10.2. The molecule has 2 rings (SSSR count). The van der Waals surface area contributed by atoms with Gasteiger partial charge < -0.3 is 10.1 Å². The number of hydrogen-bond acceptors (Lipinski definition) is 5. The van der Waals surface area contributed by atoms with Crippen molar-refractivity contribution in [2.24, 2.45) is 0 Å². The van der Waals surface area contributed by atoms with E-state index in [1.165, 1.54) is 19.1 Å². The molecule has 0 aromatic heterocycles. The highest BCUT2D eigenvalue weighted by atomic mass is 32.2. The van der Waals surface area contributed by atoms with Gasteiger partial charge in [0.15, 0.2) is 6.10 Å². The number of ether oxygens (including phenoxy) is 1. The molecule has 1 amide bonds. The Balaban J connectivity index is 1.73. The minimum absolute atomic E-state index is 0.118. The molecule has 2 N–H and O–H groups in total. The third-order valence-electron chi connectivity index (χ3n) is 3.94. The summed E-state index contributed by atoms with van der Waals surface area (Å²) in [7, 11) is -3.69. The normalized spacial score (nSPS) is 12.2. The minimum atomic E-state index is -3.69. The number of benzene rings is 2. The SMILES string of the molecule is Cc1ccc(S(=O)(=O)NCCC(=O)OC(C)C(=O)NCc2ccccc2)cc1. The fourth-order valence-corrected chi connectivity index (χ4v) is 3.36. The second-order valence-corrected chi connectivity index (χ2v) is 8.06. The van der Waals surface area contributed by atoms with Crippen molar-refractivity contribution < 1.29 is 22.7 Å². The summed E-state index contributed by atoms with van der Waals surface area (Å²) in [5.74, 6) is -1.08. The lowest BCUT2D eigenvalue weighted by Gasteiger charge is -2.14. The van der Waals surface area contributed by atoms with E-state index in [9.17, 15) is 18.0 Å². The van der Waals surface area contributed by atoms with Crippen LogP contribution in [-0.2, 0) is 30.9 Å². The van der Waals surface area contributed by atoms with Gasteiger partial charge in [-0.3, -0.25) is 9.59 Å². The summed E-state index contributed by atoms with van der Waals surface area (Å²) < 4.78 is 31.7. The molecule has 0 saturated carbocycles. The topological polar surface area (TPSA) is 102 Å². The largest absolute Gasteiger partial charge is 0.453 e. The van der Waals surface area contributed by atoms with Crippen molar-refractivity contribution in [3.8, 4) is 0 Å². The first-order valence-electron chi connectivity index (χ1n) is 8.85. The molecule has 2 aromatic rings. The zero-order chi connectivity index (χ0) is 20.6. The van der Waals surface area contributed by atoms with Crippen LogP contribution in [0.25, 0.3) is 0 Å². The molecule has 0 heterocycles. The quantitative estimate of drug-likeness (QED) is 0.622. The average molecular weight is 404 g/mol. The van der Waals surface area contributed by atoms with Crippen LogP contribution < -0.4 is 10.0 Å². The van der Waals surface area contributed by atoms with Crippen LogP contribution >= 0.6 is 0 Å². The highest BCUT2D eigenvalue weighted by Crippen LogP contribution is 2.09. The zero-order valence-electron chi connectivity index (χ0n) is 15.8. The van der Waals surface area contributed by atoms with Gasteiger partial charge in [0.1, 0.15) is 0 Å². The van der Waals surface area contributed by atoms with Gasteiger partial charge in [0.05, 0.1) is 11.3 Å². The van der Waals surface area contributed by atoms with E-state index in [1.807, 2.05) is 37.3 Å². The molecule has 1 atom stereocenters. The molecule has 0 fully saturated rings. The summed E-state index contributed by atoms with van der Waals surface area (Å²) >= 11 is 0. The number of sulfonamides is 1. The second kappa shape index (κ2) is 10.0. The van der Waals surface area contributed by atoms with E-state index in [1.54, 1.807) is 12.1 Å². The summed E-state index contributed by atoms with van der Waals surface area (Å²) in [6.07, 6.45) is -1.15. The standard InChI is InChI=1S/C20H24N2O5S/c1-15-8-10-18(11-9-15)28(25,26)22-13-12-19(23)27-16(2)20(24)21-14-17-6-4-3-5-7-17/h3-11,16,22H,12-14H2,1-2H3,(H,21,24). The van der Waals surface area contributed by atoms with Crippen molar-refractivity contribution >= 4 is 21.9 Å². The van der Waals surface area contributed by atoms with Crippen molar-refractivity contribution in [2.45, 2.75) is 37.8 Å². The number of carbonyl (C=O) groups is 2. The van der Waals surface area contributed by atoms with Crippen LogP contribution in [0.4, 0.5) is 0 Å². The summed E-state index contributed by atoms with van der Waals surface area (Å²) in [6.45, 7) is 3.54. The first-order valence-corrected chi connectivity index (χ1v) is 10.3. The fourth-order valence-electron chi connectivity index (χ4n) is 2.33.